The van der Waals surface area contributed by atoms with E-state index in [2.05, 4.69) is 55.6 Å². The van der Waals surface area contributed by atoms with Gasteiger partial charge in [0.2, 0.25) is 5.91 Å². The number of phosphoric ester groups is 1. The predicted octanol–water partition coefficient (Wildman–Crippen LogP) is 20.4. The molecule has 3 atom stereocenters. The van der Waals surface area contributed by atoms with Crippen LogP contribution in [0.3, 0.4) is 0 Å². The molecule has 0 aromatic heterocycles. The summed E-state index contributed by atoms with van der Waals surface area (Å²) in [6.45, 7) is 4.66. The molecule has 0 bridgehead atoms. The van der Waals surface area contributed by atoms with E-state index in [0.29, 0.717) is 17.4 Å². The van der Waals surface area contributed by atoms with Crippen molar-refractivity contribution in [1.29, 1.82) is 0 Å². The fraction of sp³-hybridized carbons (Fsp3) is 0.868. The van der Waals surface area contributed by atoms with Crippen LogP contribution in [-0.2, 0) is 18.4 Å². The van der Waals surface area contributed by atoms with E-state index in [1.807, 2.05) is 27.2 Å². The van der Waals surface area contributed by atoms with E-state index in [4.69, 9.17) is 9.05 Å². The minimum atomic E-state index is -4.61. The van der Waals surface area contributed by atoms with E-state index in [1.165, 1.54) is 263 Å². The molecule has 1 amide bonds. The minimum Gasteiger partial charge on any atom is -0.756 e. The Morgan fingerprint density at radius 1 is 0.455 bits per heavy atom. The Hall–Kier alpha value is -1.54. The Kier molecular flexibility index (Phi) is 57.9. The molecule has 3 unspecified atom stereocenters. The van der Waals surface area contributed by atoms with Gasteiger partial charge in [-0.1, -0.05) is 306 Å². The maximum atomic E-state index is 13.0. The number of aliphatic hydroxyl groups excluding tert-OH is 1. The van der Waals surface area contributed by atoms with Crippen LogP contribution in [0.15, 0.2) is 48.6 Å². The molecule has 0 aromatic rings. The molecule has 0 aromatic carbocycles. The number of likely N-dealkylation sites (N-methyl/N-ethyl adjacent to an activating group) is 1. The second-order valence-corrected chi connectivity index (χ2v) is 25.6. The Morgan fingerprint density at radius 3 is 1.13 bits per heavy atom. The molecule has 8 nitrogen and oxygen atoms in total. The molecule has 0 fully saturated rings. The van der Waals surface area contributed by atoms with Gasteiger partial charge < -0.3 is 28.8 Å². The van der Waals surface area contributed by atoms with Crippen molar-refractivity contribution < 1.29 is 32.9 Å². The lowest BCUT2D eigenvalue weighted by Crippen LogP contribution is -2.45. The van der Waals surface area contributed by atoms with Crippen molar-refractivity contribution >= 4 is 13.7 Å². The maximum Gasteiger partial charge on any atom is 0.268 e. The second-order valence-electron chi connectivity index (χ2n) is 24.2. The van der Waals surface area contributed by atoms with Crippen LogP contribution in [0.25, 0.3) is 0 Å². The van der Waals surface area contributed by atoms with Crippen LogP contribution in [0.1, 0.15) is 328 Å². The Labute approximate surface area is 479 Å². The molecule has 0 radical (unpaired) electrons. The number of quaternary nitrogens is 1. The van der Waals surface area contributed by atoms with E-state index in [0.717, 1.165) is 44.9 Å². The predicted molar refractivity (Wildman–Crippen MR) is 334 cm³/mol. The number of nitrogens with one attached hydrogen (secondary N) is 1. The van der Waals surface area contributed by atoms with Gasteiger partial charge in [0.25, 0.3) is 7.82 Å². The topological polar surface area (TPSA) is 108 Å². The number of carbonyl (C=O) groups is 1. The van der Waals surface area contributed by atoms with Gasteiger partial charge in [0.05, 0.1) is 39.9 Å². The van der Waals surface area contributed by atoms with Gasteiger partial charge in [-0.2, -0.15) is 0 Å². The number of allylic oxidation sites excluding steroid dienone is 7. The average Bonchev–Trinajstić information content (AvgIpc) is 3.39. The summed E-state index contributed by atoms with van der Waals surface area (Å²) in [5, 5.41) is 13.9. The third-order valence-corrected chi connectivity index (χ3v) is 16.2. The monoisotopic (exact) mass is 1100 g/mol. The van der Waals surface area contributed by atoms with Crippen LogP contribution in [0.5, 0.6) is 0 Å². The van der Waals surface area contributed by atoms with Crippen LogP contribution in [0, 0.1) is 0 Å². The summed E-state index contributed by atoms with van der Waals surface area (Å²) in [7, 11) is 1.25. The first-order valence-corrected chi connectivity index (χ1v) is 35.0. The molecule has 0 aliphatic carbocycles. The van der Waals surface area contributed by atoms with Crippen molar-refractivity contribution in [3.8, 4) is 0 Å². The fourth-order valence-corrected chi connectivity index (χ4v) is 10.8. The van der Waals surface area contributed by atoms with Crippen LogP contribution in [0.2, 0.25) is 0 Å². The maximum absolute atomic E-state index is 13.0. The van der Waals surface area contributed by atoms with E-state index >= 15 is 0 Å². The molecule has 2 N–H and O–H groups in total. The number of hydrogen-bond acceptors (Lipinski definition) is 6. The highest BCUT2D eigenvalue weighted by Gasteiger charge is 2.23. The van der Waals surface area contributed by atoms with Crippen LogP contribution in [-0.4, -0.2) is 68.5 Å². The van der Waals surface area contributed by atoms with Crippen molar-refractivity contribution in [2.75, 3.05) is 40.9 Å². The largest absolute Gasteiger partial charge is 0.756 e. The van der Waals surface area contributed by atoms with Gasteiger partial charge in [0.1, 0.15) is 13.2 Å². The fourth-order valence-electron chi connectivity index (χ4n) is 10.0. The number of amides is 1. The van der Waals surface area contributed by atoms with Crippen molar-refractivity contribution in [1.82, 2.24) is 5.32 Å². The van der Waals surface area contributed by atoms with Gasteiger partial charge in [-0.05, 0) is 64.2 Å². The number of carbonyl (C=O) groups excluding carboxylic acids is 1. The summed E-state index contributed by atoms with van der Waals surface area (Å²) >= 11 is 0. The number of aliphatic hydroxyl groups is 1. The lowest BCUT2D eigenvalue weighted by molar-refractivity contribution is -0.870. The average molecular weight is 1100 g/mol. The highest BCUT2D eigenvalue weighted by Crippen LogP contribution is 2.38. The number of rotatable bonds is 62. The van der Waals surface area contributed by atoms with Crippen LogP contribution in [0.4, 0.5) is 0 Å². The molecule has 0 rings (SSSR count). The molecular weight excluding hydrogens is 972 g/mol. The zero-order chi connectivity index (χ0) is 56.3. The van der Waals surface area contributed by atoms with E-state index in [9.17, 15) is 19.4 Å². The number of nitrogens with zero attached hydrogens (tertiary/aromatic N) is 1. The zero-order valence-corrected chi connectivity index (χ0v) is 52.8. The summed E-state index contributed by atoms with van der Waals surface area (Å²) in [4.78, 5) is 25.6. The lowest BCUT2D eigenvalue weighted by atomic mass is 10.0. The summed E-state index contributed by atoms with van der Waals surface area (Å²) in [5.41, 5.74) is 0. The van der Waals surface area contributed by atoms with Crippen molar-refractivity contribution in [3.05, 3.63) is 48.6 Å². The third kappa shape index (κ3) is 61.9. The Balaban J connectivity index is 4.12. The molecule has 454 valence electrons. The molecule has 0 saturated heterocycles. The third-order valence-electron chi connectivity index (χ3n) is 15.3. The second kappa shape index (κ2) is 59.1. The summed E-state index contributed by atoms with van der Waals surface area (Å²) < 4.78 is 23.4. The minimum absolute atomic E-state index is 0.00698. The molecule has 0 saturated carbocycles. The van der Waals surface area contributed by atoms with Crippen LogP contribution >= 0.6 is 7.82 Å². The van der Waals surface area contributed by atoms with Crippen molar-refractivity contribution in [2.24, 2.45) is 0 Å². The van der Waals surface area contributed by atoms with Gasteiger partial charge in [0, 0.05) is 6.42 Å². The SMILES string of the molecule is CCCCCCC/C=C\C/C=C\CCCCCCCCCCCCCC(=O)NC(COP(=O)([O-])OCC[N+](C)(C)C)C(O)/C=C/CC/C=C/CCCCCCCCCCCCCCCCCCCCCCCCCCCC. The standard InChI is InChI=1S/C68H131N2O6P/c1-6-8-10-12-14-16-18-20-22-24-26-28-30-31-32-33-34-35-36-37-38-40-41-43-45-47-49-51-53-55-57-59-61-67(71)66(65-76-77(73,74)75-64-63-70(3,4)5)69-68(72)62-60-58-56-54-52-50-48-46-44-42-39-29-27-25-23-21-19-17-15-13-11-9-7-2/h19,21,25,27,51,53,59,61,66-67,71H,6-18,20,22-24,26,28-50,52,54-58,60,62-65H2,1-5H3,(H-,69,72,73,74)/b21-19-,27-25-,53-51+,61-59+. The highest BCUT2D eigenvalue weighted by atomic mass is 31.2. The van der Waals surface area contributed by atoms with Gasteiger partial charge in [-0.15, -0.1) is 0 Å². The molecular formula is C68H131N2O6P. The summed E-state index contributed by atoms with van der Waals surface area (Å²) in [6, 6.07) is -0.907. The quantitative estimate of drug-likeness (QED) is 0.0272. The highest BCUT2D eigenvalue weighted by molar-refractivity contribution is 7.45. The van der Waals surface area contributed by atoms with Crippen LogP contribution < -0.4 is 10.2 Å². The molecule has 9 heteroatoms. The normalized spacial score (nSPS) is 14.0. The summed E-state index contributed by atoms with van der Waals surface area (Å²) in [5.74, 6) is -0.206. The lowest BCUT2D eigenvalue weighted by Gasteiger charge is -2.29. The van der Waals surface area contributed by atoms with E-state index in [1.54, 1.807) is 6.08 Å². The number of hydrogen-bond donors (Lipinski definition) is 2. The summed E-state index contributed by atoms with van der Waals surface area (Å²) in [6.07, 6.45) is 79.4. The zero-order valence-electron chi connectivity index (χ0n) is 51.9. The van der Waals surface area contributed by atoms with Gasteiger partial charge >= 0.3 is 0 Å². The number of unbranched alkanes of at least 4 members (excludes halogenated alkanes) is 43. The number of phosphoric acid groups is 1. The smallest absolute Gasteiger partial charge is 0.268 e. The van der Waals surface area contributed by atoms with Gasteiger partial charge in [-0.3, -0.25) is 9.36 Å². The van der Waals surface area contributed by atoms with Crippen molar-refractivity contribution in [3.63, 3.8) is 0 Å². The first-order chi connectivity index (χ1) is 37.5. The first kappa shape index (κ1) is 75.5. The molecule has 0 aliphatic rings. The molecule has 0 spiro atoms. The van der Waals surface area contributed by atoms with Gasteiger partial charge in [0.15, 0.2) is 0 Å². The molecule has 0 heterocycles. The van der Waals surface area contributed by atoms with E-state index in [-0.39, 0.29) is 12.5 Å². The van der Waals surface area contributed by atoms with Crippen molar-refractivity contribution in [2.45, 2.75) is 341 Å². The first-order valence-electron chi connectivity index (χ1n) is 33.5. The Morgan fingerprint density at radius 2 is 0.766 bits per heavy atom. The Bertz CT molecular complexity index is 1390. The molecule has 77 heavy (non-hydrogen) atoms. The van der Waals surface area contributed by atoms with Gasteiger partial charge in [-0.25, -0.2) is 0 Å². The molecule has 0 aliphatic heterocycles. The van der Waals surface area contributed by atoms with E-state index < -0.39 is 26.6 Å².